The van der Waals surface area contributed by atoms with E-state index in [2.05, 4.69) is 16.0 Å². The highest BCUT2D eigenvalue weighted by Gasteiger charge is 2.41. The van der Waals surface area contributed by atoms with Crippen LogP contribution in [-0.2, 0) is 18.4 Å². The van der Waals surface area contributed by atoms with E-state index in [4.69, 9.17) is 28.2 Å². The molecule has 2 amide bonds. The van der Waals surface area contributed by atoms with Crippen molar-refractivity contribution in [2.24, 2.45) is 18.4 Å². The summed E-state index contributed by atoms with van der Waals surface area (Å²) in [4.78, 5) is 32.8. The van der Waals surface area contributed by atoms with Crippen molar-refractivity contribution in [2.45, 2.75) is 84.2 Å². The van der Waals surface area contributed by atoms with Gasteiger partial charge in [0, 0.05) is 38.1 Å². The van der Waals surface area contributed by atoms with Crippen LogP contribution in [0.4, 0.5) is 34.9 Å². The maximum atomic E-state index is 14.1. The van der Waals surface area contributed by atoms with Gasteiger partial charge in [0.15, 0.2) is 0 Å². The van der Waals surface area contributed by atoms with Crippen molar-refractivity contribution < 1.29 is 27.2 Å². The lowest BCUT2D eigenvalue weighted by Crippen LogP contribution is -2.41. The van der Waals surface area contributed by atoms with Gasteiger partial charge in [-0.2, -0.15) is 13.2 Å². The summed E-state index contributed by atoms with van der Waals surface area (Å²) in [6.07, 6.45) is -4.11. The summed E-state index contributed by atoms with van der Waals surface area (Å²) in [5, 5.41) is 9.70. The van der Waals surface area contributed by atoms with Gasteiger partial charge in [0.2, 0.25) is 11.9 Å². The second-order valence-electron chi connectivity index (χ2n) is 13.5. The van der Waals surface area contributed by atoms with Crippen LogP contribution in [0.25, 0.3) is 11.0 Å². The van der Waals surface area contributed by atoms with Crippen LogP contribution in [0.2, 0.25) is 10.0 Å². The third-order valence-corrected chi connectivity index (χ3v) is 9.81. The number of carbonyl (C=O) groups is 2. The summed E-state index contributed by atoms with van der Waals surface area (Å²) in [5.74, 6) is -1.50. The number of aromatic nitrogens is 2. The summed E-state index contributed by atoms with van der Waals surface area (Å²) in [7, 11) is 1.79. The van der Waals surface area contributed by atoms with E-state index >= 15 is 0 Å². The van der Waals surface area contributed by atoms with Crippen LogP contribution in [0.3, 0.4) is 0 Å². The van der Waals surface area contributed by atoms with Gasteiger partial charge < -0.3 is 25.4 Å². The number of alkyl halides is 4. The Kier molecular flexibility index (Phi) is 10.2. The lowest BCUT2D eigenvalue weighted by Gasteiger charge is -2.33. The molecule has 1 aromatic heterocycles. The van der Waals surface area contributed by atoms with Gasteiger partial charge >= 0.3 is 6.18 Å². The van der Waals surface area contributed by atoms with Crippen molar-refractivity contribution in [1.29, 1.82) is 0 Å². The van der Waals surface area contributed by atoms with E-state index in [1.54, 1.807) is 29.8 Å². The number of benzene rings is 2. The van der Waals surface area contributed by atoms with Crippen molar-refractivity contribution in [3.05, 3.63) is 45.4 Å². The summed E-state index contributed by atoms with van der Waals surface area (Å²) in [6.45, 7) is 6.47. The molecule has 2 heterocycles. The van der Waals surface area contributed by atoms with Gasteiger partial charge in [0.05, 0.1) is 43.9 Å². The summed E-state index contributed by atoms with van der Waals surface area (Å²) < 4.78 is 55.5. The summed E-state index contributed by atoms with van der Waals surface area (Å²) >= 11 is 13.3. The monoisotopic (exact) mass is 698 g/mol. The number of hydrogen-bond donors (Lipinski definition) is 3. The molecule has 8 nitrogen and oxygen atoms in total. The highest BCUT2D eigenvalue weighted by molar-refractivity contribution is 6.39. The van der Waals surface area contributed by atoms with Gasteiger partial charge in [-0.05, 0) is 62.3 Å². The van der Waals surface area contributed by atoms with Crippen molar-refractivity contribution in [3.8, 4) is 0 Å². The molecule has 47 heavy (non-hydrogen) atoms. The van der Waals surface area contributed by atoms with E-state index in [1.165, 1.54) is 0 Å². The van der Waals surface area contributed by atoms with Crippen LogP contribution in [0.1, 0.15) is 75.2 Å². The minimum Gasteiger partial charge on any atom is -0.371 e. The highest BCUT2D eigenvalue weighted by Crippen LogP contribution is 2.39. The predicted molar refractivity (Wildman–Crippen MR) is 177 cm³/mol. The van der Waals surface area contributed by atoms with Gasteiger partial charge in [0.1, 0.15) is 6.17 Å². The molecular weight excluding hydrogens is 659 g/mol. The number of anilines is 3. The van der Waals surface area contributed by atoms with E-state index in [0.29, 0.717) is 75.5 Å². The standard InChI is InChI=1S/C33H40Cl2F4N6O2/c1-32(2,3)30(47)40-17-18-5-10-23(34)28(27(18)35)43-31-42-24-15-22(29(46)41-21-8-6-19(7-9-21)33(37,38)39)25(16-26(24)44(31)4)45-13-11-20(36)12-14-45/h5,10,15-16,19-21H,6-9,11-14,17H2,1-4H3,(H,40,47)(H,41,46)(H,42,43). The molecule has 3 N–H and O–H groups in total. The number of imidazole rings is 1. The molecule has 2 fully saturated rings. The number of hydrogen-bond acceptors (Lipinski definition) is 5. The molecule has 1 saturated carbocycles. The molecule has 0 atom stereocenters. The maximum Gasteiger partial charge on any atom is 0.391 e. The molecule has 14 heteroatoms. The Labute approximate surface area is 281 Å². The highest BCUT2D eigenvalue weighted by atomic mass is 35.5. The molecular formula is C33H40Cl2F4N6O2. The van der Waals surface area contributed by atoms with Gasteiger partial charge in [-0.3, -0.25) is 9.59 Å². The number of carbonyl (C=O) groups excluding carboxylic acids is 2. The lowest BCUT2D eigenvalue weighted by atomic mass is 9.85. The number of rotatable bonds is 7. The van der Waals surface area contributed by atoms with Gasteiger partial charge in [-0.25, -0.2) is 9.37 Å². The number of aryl methyl sites for hydroxylation is 1. The van der Waals surface area contributed by atoms with E-state index < -0.39 is 29.6 Å². The summed E-state index contributed by atoms with van der Waals surface area (Å²) in [5.41, 5.74) is 2.58. The Morgan fingerprint density at radius 2 is 1.66 bits per heavy atom. The smallest absolute Gasteiger partial charge is 0.371 e. The number of amides is 2. The molecule has 2 aliphatic rings. The Morgan fingerprint density at radius 3 is 2.28 bits per heavy atom. The van der Waals surface area contributed by atoms with Crippen LogP contribution >= 0.6 is 23.2 Å². The minimum atomic E-state index is -4.24. The molecule has 0 unspecified atom stereocenters. The number of halogens is 6. The first-order valence-corrected chi connectivity index (χ1v) is 16.6. The first kappa shape index (κ1) is 35.1. The molecule has 0 spiro atoms. The van der Waals surface area contributed by atoms with E-state index in [0.717, 1.165) is 0 Å². The predicted octanol–water partition coefficient (Wildman–Crippen LogP) is 8.08. The Bertz CT molecular complexity index is 1640. The Hall–Kier alpha value is -3.25. The van der Waals surface area contributed by atoms with Crippen molar-refractivity contribution in [2.75, 3.05) is 23.3 Å². The van der Waals surface area contributed by atoms with Crippen molar-refractivity contribution in [3.63, 3.8) is 0 Å². The number of piperidine rings is 1. The topological polar surface area (TPSA) is 91.3 Å². The van der Waals surface area contributed by atoms with E-state index in [9.17, 15) is 27.2 Å². The second kappa shape index (κ2) is 13.7. The molecule has 0 radical (unpaired) electrons. The second-order valence-corrected chi connectivity index (χ2v) is 14.3. The average molecular weight is 700 g/mol. The first-order chi connectivity index (χ1) is 22.0. The van der Waals surface area contributed by atoms with Gasteiger partial charge in [-0.1, -0.05) is 50.0 Å². The quantitative estimate of drug-likeness (QED) is 0.217. The Morgan fingerprint density at radius 1 is 1.00 bits per heavy atom. The zero-order valence-electron chi connectivity index (χ0n) is 26.8. The summed E-state index contributed by atoms with van der Waals surface area (Å²) in [6, 6.07) is 6.53. The van der Waals surface area contributed by atoms with Crippen LogP contribution in [0, 0.1) is 11.3 Å². The zero-order valence-corrected chi connectivity index (χ0v) is 28.3. The van der Waals surface area contributed by atoms with Crippen LogP contribution in [0.5, 0.6) is 0 Å². The third kappa shape index (κ3) is 7.91. The number of fused-ring (bicyclic) bond motifs is 1. The molecule has 2 aromatic carbocycles. The maximum absolute atomic E-state index is 14.1. The molecule has 3 aromatic rings. The molecule has 256 valence electrons. The average Bonchev–Trinajstić information content (AvgIpc) is 3.31. The van der Waals surface area contributed by atoms with Crippen molar-refractivity contribution in [1.82, 2.24) is 20.2 Å². The van der Waals surface area contributed by atoms with Gasteiger partial charge in [0.25, 0.3) is 5.91 Å². The minimum absolute atomic E-state index is 0.0328. The third-order valence-electron chi connectivity index (χ3n) is 9.06. The Balaban J connectivity index is 1.44. The fraction of sp³-hybridized carbons (Fsp3) is 0.545. The number of nitrogens with one attached hydrogen (secondary N) is 3. The van der Waals surface area contributed by atoms with Crippen LogP contribution in [-0.4, -0.2) is 52.8 Å². The molecule has 1 saturated heterocycles. The largest absolute Gasteiger partial charge is 0.391 e. The molecule has 1 aliphatic heterocycles. The van der Waals surface area contributed by atoms with E-state index in [-0.39, 0.29) is 44.2 Å². The molecule has 0 bridgehead atoms. The van der Waals surface area contributed by atoms with Gasteiger partial charge in [-0.15, -0.1) is 0 Å². The normalized spacial score (nSPS) is 19.6. The zero-order chi connectivity index (χ0) is 34.3. The van der Waals surface area contributed by atoms with Crippen LogP contribution in [0.15, 0.2) is 24.3 Å². The SMILES string of the molecule is Cn1c(Nc2c(Cl)ccc(CNC(=O)C(C)(C)C)c2Cl)nc2cc(C(=O)NC3CCC(C(F)(F)F)CC3)c(N3CCC(F)CC3)cc21. The lowest BCUT2D eigenvalue weighted by molar-refractivity contribution is -0.182. The fourth-order valence-electron chi connectivity index (χ4n) is 6.10. The van der Waals surface area contributed by atoms with Crippen molar-refractivity contribution >= 4 is 63.4 Å². The molecule has 5 rings (SSSR count). The van der Waals surface area contributed by atoms with Crippen LogP contribution < -0.4 is 20.9 Å². The fourth-order valence-corrected chi connectivity index (χ4v) is 6.63. The van der Waals surface area contributed by atoms with E-state index in [1.807, 2.05) is 31.7 Å². The first-order valence-electron chi connectivity index (χ1n) is 15.8. The molecule has 1 aliphatic carbocycles. The number of nitrogens with zero attached hydrogens (tertiary/aromatic N) is 3.